The van der Waals surface area contributed by atoms with Crippen molar-refractivity contribution < 1.29 is 9.21 Å². The zero-order valence-corrected chi connectivity index (χ0v) is 11.8. The topological polar surface area (TPSA) is 94.0 Å². The molecule has 0 fully saturated rings. The number of nitrogens with one attached hydrogen (secondary N) is 1. The third-order valence-corrected chi connectivity index (χ3v) is 3.80. The fourth-order valence-electron chi connectivity index (χ4n) is 1.45. The van der Waals surface area contributed by atoms with E-state index in [4.69, 9.17) is 10.2 Å². The summed E-state index contributed by atoms with van der Waals surface area (Å²) in [6, 6.07) is 0. The second-order valence-corrected chi connectivity index (χ2v) is 5.39. The number of carbonyl (C=O) groups excluding carboxylic acids is 1. The van der Waals surface area contributed by atoms with Crippen molar-refractivity contribution >= 4 is 17.7 Å². The fourth-order valence-corrected chi connectivity index (χ4v) is 2.25. The third kappa shape index (κ3) is 4.30. The van der Waals surface area contributed by atoms with Crippen LogP contribution in [0.1, 0.15) is 32.1 Å². The average Bonchev–Trinajstić information content (AvgIpc) is 2.74. The van der Waals surface area contributed by atoms with Crippen LogP contribution in [0.3, 0.4) is 0 Å². The molecular weight excluding hydrogens is 252 g/mol. The SMILES string of the molecule is CNC(C)(CCCCSc1nnc(C)o1)C(N)=O. The number of hydrogen-bond donors (Lipinski definition) is 2. The van der Waals surface area contributed by atoms with Crippen molar-refractivity contribution in [2.24, 2.45) is 5.73 Å². The van der Waals surface area contributed by atoms with Crippen LogP contribution in [0.4, 0.5) is 0 Å². The maximum atomic E-state index is 11.3. The van der Waals surface area contributed by atoms with E-state index in [2.05, 4.69) is 15.5 Å². The Labute approximate surface area is 111 Å². The van der Waals surface area contributed by atoms with E-state index in [9.17, 15) is 4.79 Å². The summed E-state index contributed by atoms with van der Waals surface area (Å²) < 4.78 is 5.24. The van der Waals surface area contributed by atoms with Gasteiger partial charge in [-0.05, 0) is 26.8 Å². The Morgan fingerprint density at radius 3 is 2.72 bits per heavy atom. The predicted molar refractivity (Wildman–Crippen MR) is 70.3 cm³/mol. The van der Waals surface area contributed by atoms with Crippen molar-refractivity contribution in [1.82, 2.24) is 15.5 Å². The molecule has 0 aliphatic heterocycles. The van der Waals surface area contributed by atoms with Crippen LogP contribution in [0.15, 0.2) is 9.64 Å². The minimum absolute atomic E-state index is 0.315. The molecule has 1 amide bonds. The van der Waals surface area contributed by atoms with E-state index in [1.165, 1.54) is 11.8 Å². The highest BCUT2D eigenvalue weighted by Gasteiger charge is 2.27. The quantitative estimate of drug-likeness (QED) is 0.543. The Kier molecular flexibility index (Phi) is 5.61. The van der Waals surface area contributed by atoms with Crippen LogP contribution in [-0.4, -0.2) is 34.4 Å². The van der Waals surface area contributed by atoms with Crippen LogP contribution in [0.25, 0.3) is 0 Å². The van der Waals surface area contributed by atoms with Crippen molar-refractivity contribution in [3.05, 3.63) is 5.89 Å². The molecule has 0 spiro atoms. The van der Waals surface area contributed by atoms with Gasteiger partial charge in [0.2, 0.25) is 11.8 Å². The van der Waals surface area contributed by atoms with Crippen LogP contribution in [0.2, 0.25) is 0 Å². The predicted octanol–water partition coefficient (Wildman–Crippen LogP) is 1.10. The summed E-state index contributed by atoms with van der Waals surface area (Å²) in [7, 11) is 1.75. The summed E-state index contributed by atoms with van der Waals surface area (Å²) in [4.78, 5) is 11.3. The molecule has 0 aliphatic rings. The van der Waals surface area contributed by atoms with E-state index < -0.39 is 5.54 Å². The zero-order chi connectivity index (χ0) is 13.6. The van der Waals surface area contributed by atoms with E-state index in [0.29, 0.717) is 11.1 Å². The number of amides is 1. The smallest absolute Gasteiger partial charge is 0.276 e. The maximum Gasteiger partial charge on any atom is 0.276 e. The lowest BCUT2D eigenvalue weighted by Crippen LogP contribution is -2.51. The number of primary amides is 1. The summed E-state index contributed by atoms with van der Waals surface area (Å²) >= 11 is 1.53. The first-order valence-electron chi connectivity index (χ1n) is 5.89. The molecule has 1 rings (SSSR count). The highest BCUT2D eigenvalue weighted by molar-refractivity contribution is 7.99. The molecule has 1 atom stereocenters. The van der Waals surface area contributed by atoms with E-state index in [-0.39, 0.29) is 5.91 Å². The number of likely N-dealkylation sites (N-methyl/N-ethyl adjacent to an activating group) is 1. The summed E-state index contributed by atoms with van der Waals surface area (Å²) in [5, 5.41) is 11.2. The van der Waals surface area contributed by atoms with Crippen molar-refractivity contribution in [2.45, 2.75) is 43.9 Å². The van der Waals surface area contributed by atoms with E-state index >= 15 is 0 Å². The van der Waals surface area contributed by atoms with Crippen molar-refractivity contribution in [3.8, 4) is 0 Å². The fraction of sp³-hybridized carbons (Fsp3) is 0.727. The van der Waals surface area contributed by atoms with Gasteiger partial charge in [-0.1, -0.05) is 18.2 Å². The van der Waals surface area contributed by atoms with Gasteiger partial charge >= 0.3 is 0 Å². The first-order chi connectivity index (χ1) is 8.48. The molecule has 1 heterocycles. The van der Waals surface area contributed by atoms with Gasteiger partial charge in [0, 0.05) is 12.7 Å². The monoisotopic (exact) mass is 272 g/mol. The molecule has 1 aromatic heterocycles. The molecule has 7 heteroatoms. The summed E-state index contributed by atoms with van der Waals surface area (Å²) in [5.74, 6) is 1.15. The van der Waals surface area contributed by atoms with Crippen molar-refractivity contribution in [3.63, 3.8) is 0 Å². The molecule has 1 aromatic rings. The molecule has 102 valence electrons. The maximum absolute atomic E-state index is 11.3. The number of nitrogens with zero attached hydrogens (tertiary/aromatic N) is 2. The summed E-state index contributed by atoms with van der Waals surface area (Å²) in [5.41, 5.74) is 4.73. The Morgan fingerprint density at radius 2 is 2.22 bits per heavy atom. The van der Waals surface area contributed by atoms with Gasteiger partial charge in [-0.3, -0.25) is 4.79 Å². The Hall–Kier alpha value is -1.08. The summed E-state index contributed by atoms with van der Waals surface area (Å²) in [6.45, 7) is 3.59. The Morgan fingerprint density at radius 1 is 1.50 bits per heavy atom. The standard InChI is InChI=1S/C11H20N4O2S/c1-8-14-15-10(17-8)18-7-5-4-6-11(2,13-3)9(12)16/h13H,4-7H2,1-3H3,(H2,12,16). The van der Waals surface area contributed by atoms with Crippen LogP contribution in [-0.2, 0) is 4.79 Å². The van der Waals surface area contributed by atoms with Gasteiger partial charge in [-0.2, -0.15) is 0 Å². The Balaban J connectivity index is 2.20. The van der Waals surface area contributed by atoms with Gasteiger partial charge in [0.1, 0.15) is 0 Å². The van der Waals surface area contributed by atoms with Gasteiger partial charge < -0.3 is 15.5 Å². The molecule has 6 nitrogen and oxygen atoms in total. The molecule has 1 unspecified atom stereocenters. The number of aromatic nitrogens is 2. The molecule has 0 aliphatic carbocycles. The molecule has 0 radical (unpaired) electrons. The first kappa shape index (κ1) is 15.0. The highest BCUT2D eigenvalue weighted by atomic mass is 32.2. The van der Waals surface area contributed by atoms with Gasteiger partial charge in [0.15, 0.2) is 0 Å². The van der Waals surface area contributed by atoms with Gasteiger partial charge in [-0.15, -0.1) is 10.2 Å². The first-order valence-corrected chi connectivity index (χ1v) is 6.88. The molecule has 3 N–H and O–H groups in total. The molecule has 0 saturated carbocycles. The molecular formula is C11H20N4O2S. The van der Waals surface area contributed by atoms with Crippen LogP contribution in [0, 0.1) is 6.92 Å². The average molecular weight is 272 g/mol. The van der Waals surface area contributed by atoms with Crippen LogP contribution in [0.5, 0.6) is 0 Å². The van der Waals surface area contributed by atoms with Crippen molar-refractivity contribution in [2.75, 3.05) is 12.8 Å². The lowest BCUT2D eigenvalue weighted by atomic mass is 9.94. The van der Waals surface area contributed by atoms with Gasteiger partial charge in [0.05, 0.1) is 5.54 Å². The third-order valence-electron chi connectivity index (χ3n) is 2.90. The number of carbonyl (C=O) groups is 1. The largest absolute Gasteiger partial charge is 0.416 e. The number of unbranched alkanes of at least 4 members (excludes halogenated alkanes) is 1. The Bertz CT molecular complexity index is 396. The van der Waals surface area contributed by atoms with E-state index in [0.717, 1.165) is 25.0 Å². The lowest BCUT2D eigenvalue weighted by molar-refractivity contribution is -0.123. The second-order valence-electron chi connectivity index (χ2n) is 4.34. The number of nitrogens with two attached hydrogens (primary N) is 1. The van der Waals surface area contributed by atoms with Crippen LogP contribution < -0.4 is 11.1 Å². The van der Waals surface area contributed by atoms with Crippen molar-refractivity contribution in [1.29, 1.82) is 0 Å². The summed E-state index contributed by atoms with van der Waals surface area (Å²) in [6.07, 6.45) is 2.61. The molecule has 0 aromatic carbocycles. The van der Waals surface area contributed by atoms with Gasteiger partial charge in [0.25, 0.3) is 5.22 Å². The molecule has 18 heavy (non-hydrogen) atoms. The minimum atomic E-state index is -0.619. The zero-order valence-electron chi connectivity index (χ0n) is 11.0. The number of thioether (sulfide) groups is 1. The number of rotatable bonds is 8. The van der Waals surface area contributed by atoms with Crippen LogP contribution >= 0.6 is 11.8 Å². The van der Waals surface area contributed by atoms with E-state index in [1.54, 1.807) is 14.0 Å². The highest BCUT2D eigenvalue weighted by Crippen LogP contribution is 2.19. The molecule has 0 bridgehead atoms. The second kappa shape index (κ2) is 6.75. The minimum Gasteiger partial charge on any atom is -0.416 e. The number of hydrogen-bond acceptors (Lipinski definition) is 6. The van der Waals surface area contributed by atoms with E-state index in [1.807, 2.05) is 6.92 Å². The van der Waals surface area contributed by atoms with Gasteiger partial charge in [-0.25, -0.2) is 0 Å². The number of aryl methyl sites for hydroxylation is 1. The normalized spacial score (nSPS) is 14.4. The lowest BCUT2D eigenvalue weighted by Gasteiger charge is -2.25. The molecule has 0 saturated heterocycles.